The highest BCUT2D eigenvalue weighted by atomic mass is 16.5. The molecule has 140 valence electrons. The van der Waals surface area contributed by atoms with Crippen molar-refractivity contribution in [3.63, 3.8) is 0 Å². The highest BCUT2D eigenvalue weighted by Crippen LogP contribution is 2.14. The Hall–Kier alpha value is -3.78. The zero-order chi connectivity index (χ0) is 19.5. The Morgan fingerprint density at radius 1 is 1.04 bits per heavy atom. The van der Waals surface area contributed by atoms with Gasteiger partial charge in [-0.1, -0.05) is 42.5 Å². The maximum Gasteiger partial charge on any atom is 0.335 e. The summed E-state index contributed by atoms with van der Waals surface area (Å²) in [4.78, 5) is 32.1. The molecule has 4 rings (SSSR count). The molecule has 0 atom stereocenters. The number of ether oxygens (including phenoxy) is 1. The van der Waals surface area contributed by atoms with Gasteiger partial charge in [-0.05, 0) is 17.7 Å². The molecule has 0 aliphatic heterocycles. The van der Waals surface area contributed by atoms with Crippen molar-refractivity contribution >= 4 is 11.7 Å². The van der Waals surface area contributed by atoms with Crippen molar-refractivity contribution in [1.82, 2.24) is 19.6 Å². The highest BCUT2D eigenvalue weighted by Gasteiger charge is 2.10. The number of H-pyrrole nitrogens is 1. The van der Waals surface area contributed by atoms with Gasteiger partial charge in [0.05, 0.1) is 24.5 Å². The second-order valence-electron chi connectivity index (χ2n) is 6.16. The van der Waals surface area contributed by atoms with Gasteiger partial charge in [0, 0.05) is 11.6 Å². The number of carboxylic acids is 1. The molecular weight excluding hydrogens is 360 g/mol. The van der Waals surface area contributed by atoms with Gasteiger partial charge < -0.3 is 9.84 Å². The van der Waals surface area contributed by atoms with E-state index in [1.165, 1.54) is 16.6 Å². The first-order valence-electron chi connectivity index (χ1n) is 8.54. The van der Waals surface area contributed by atoms with Gasteiger partial charge in [0.15, 0.2) is 5.82 Å². The van der Waals surface area contributed by atoms with Crippen LogP contribution in [-0.4, -0.2) is 30.7 Å². The lowest BCUT2D eigenvalue weighted by Crippen LogP contribution is -2.16. The Labute approximate surface area is 159 Å². The number of fused-ring (bicyclic) bond motifs is 1. The summed E-state index contributed by atoms with van der Waals surface area (Å²) in [7, 11) is 0. The van der Waals surface area contributed by atoms with E-state index in [2.05, 4.69) is 15.1 Å². The number of nitrogens with one attached hydrogen (secondary N) is 1. The molecule has 2 heterocycles. The van der Waals surface area contributed by atoms with Crippen LogP contribution in [0.3, 0.4) is 0 Å². The first kappa shape index (κ1) is 17.6. The van der Waals surface area contributed by atoms with Gasteiger partial charge in [-0.3, -0.25) is 9.89 Å². The zero-order valence-electron chi connectivity index (χ0n) is 14.7. The van der Waals surface area contributed by atoms with Crippen LogP contribution in [-0.2, 0) is 18.0 Å². The summed E-state index contributed by atoms with van der Waals surface area (Å²) in [6, 6.07) is 17.3. The van der Waals surface area contributed by atoms with Crippen molar-refractivity contribution in [2.75, 3.05) is 0 Å². The predicted molar refractivity (Wildman–Crippen MR) is 101 cm³/mol. The fourth-order valence-electron chi connectivity index (χ4n) is 2.79. The largest absolute Gasteiger partial charge is 0.478 e. The molecule has 2 aromatic heterocycles. The second kappa shape index (κ2) is 7.45. The van der Waals surface area contributed by atoms with E-state index in [1.54, 1.807) is 18.2 Å². The monoisotopic (exact) mass is 376 g/mol. The third-order valence-electron chi connectivity index (χ3n) is 4.12. The van der Waals surface area contributed by atoms with Gasteiger partial charge in [-0.25, -0.2) is 9.78 Å². The Morgan fingerprint density at radius 3 is 2.64 bits per heavy atom. The van der Waals surface area contributed by atoms with Gasteiger partial charge >= 0.3 is 5.97 Å². The molecule has 0 unspecified atom stereocenters. The minimum Gasteiger partial charge on any atom is -0.478 e. The summed E-state index contributed by atoms with van der Waals surface area (Å²) >= 11 is 0. The molecule has 0 bridgehead atoms. The SMILES string of the molecule is O=C(O)c1cccc(COCc2cc(=O)n3[nH]c(-c4ccccc4)nc3n2)c1. The van der Waals surface area contributed by atoms with Crippen molar-refractivity contribution in [3.8, 4) is 11.4 Å². The van der Waals surface area contributed by atoms with Crippen molar-refractivity contribution in [2.24, 2.45) is 0 Å². The standard InChI is InChI=1S/C20H16N4O4/c25-17-10-16(12-28-11-13-5-4-8-15(9-13)19(26)27)21-20-22-18(23-24(17)20)14-6-2-1-3-7-14/h1-10H,11-12H2,(H,26,27)(H,21,22,23). The second-order valence-corrected chi connectivity index (χ2v) is 6.16. The average Bonchev–Trinajstić information content (AvgIpc) is 3.14. The van der Waals surface area contributed by atoms with Crippen LogP contribution >= 0.6 is 0 Å². The van der Waals surface area contributed by atoms with Gasteiger partial charge in [0.25, 0.3) is 11.3 Å². The third kappa shape index (κ3) is 3.67. The van der Waals surface area contributed by atoms with Crippen molar-refractivity contribution < 1.29 is 14.6 Å². The molecule has 8 nitrogen and oxygen atoms in total. The normalized spacial score (nSPS) is 11.0. The molecule has 0 aliphatic rings. The topological polar surface area (TPSA) is 110 Å². The molecule has 0 spiro atoms. The summed E-state index contributed by atoms with van der Waals surface area (Å²) in [6.45, 7) is 0.314. The lowest BCUT2D eigenvalue weighted by Gasteiger charge is -2.05. The number of carboxylic acid groups (broad SMARTS) is 1. The fourth-order valence-corrected chi connectivity index (χ4v) is 2.79. The lowest BCUT2D eigenvalue weighted by atomic mass is 10.1. The highest BCUT2D eigenvalue weighted by molar-refractivity contribution is 5.87. The maximum absolute atomic E-state index is 12.3. The molecule has 0 saturated carbocycles. The van der Waals surface area contributed by atoms with E-state index in [0.29, 0.717) is 11.5 Å². The Morgan fingerprint density at radius 2 is 1.86 bits per heavy atom. The minimum atomic E-state index is -0.991. The summed E-state index contributed by atoms with van der Waals surface area (Å²) in [6.07, 6.45) is 0. The summed E-state index contributed by atoms with van der Waals surface area (Å²) in [5.41, 5.74) is 1.94. The van der Waals surface area contributed by atoms with Crippen LogP contribution in [0.1, 0.15) is 21.6 Å². The molecular formula is C20H16N4O4. The number of carbonyl (C=O) groups is 1. The van der Waals surface area contributed by atoms with Crippen LogP contribution in [0.5, 0.6) is 0 Å². The summed E-state index contributed by atoms with van der Waals surface area (Å²) in [5.74, 6) is -0.179. The van der Waals surface area contributed by atoms with Gasteiger partial charge in [-0.15, -0.1) is 0 Å². The number of benzene rings is 2. The van der Waals surface area contributed by atoms with Crippen LogP contribution in [0.4, 0.5) is 0 Å². The molecule has 0 aliphatic carbocycles. The number of aromatic carboxylic acids is 1. The van der Waals surface area contributed by atoms with E-state index in [4.69, 9.17) is 9.84 Å². The van der Waals surface area contributed by atoms with E-state index in [0.717, 1.165) is 11.1 Å². The van der Waals surface area contributed by atoms with Crippen molar-refractivity contribution in [1.29, 1.82) is 0 Å². The Kier molecular flexibility index (Phi) is 4.69. The van der Waals surface area contributed by atoms with Crippen LogP contribution in [0.25, 0.3) is 17.2 Å². The van der Waals surface area contributed by atoms with Crippen LogP contribution in [0, 0.1) is 0 Å². The summed E-state index contributed by atoms with van der Waals surface area (Å²) < 4.78 is 6.87. The number of nitrogens with zero attached hydrogens (tertiary/aromatic N) is 3. The zero-order valence-corrected chi connectivity index (χ0v) is 14.7. The molecule has 0 radical (unpaired) electrons. The van der Waals surface area contributed by atoms with E-state index in [1.807, 2.05) is 30.3 Å². The van der Waals surface area contributed by atoms with Gasteiger partial charge in [0.1, 0.15) is 0 Å². The molecule has 2 N–H and O–H groups in total. The first-order chi connectivity index (χ1) is 13.6. The van der Waals surface area contributed by atoms with E-state index < -0.39 is 5.97 Å². The van der Waals surface area contributed by atoms with Crippen LogP contribution in [0.2, 0.25) is 0 Å². The molecule has 4 aromatic rings. The Balaban J connectivity index is 1.51. The summed E-state index contributed by atoms with van der Waals surface area (Å²) in [5, 5.41) is 12.0. The van der Waals surface area contributed by atoms with Crippen molar-refractivity contribution in [3.05, 3.63) is 87.8 Å². The lowest BCUT2D eigenvalue weighted by molar-refractivity contribution is 0.0696. The third-order valence-corrected chi connectivity index (χ3v) is 4.12. The quantitative estimate of drug-likeness (QED) is 0.535. The molecule has 0 amide bonds. The smallest absolute Gasteiger partial charge is 0.335 e. The van der Waals surface area contributed by atoms with E-state index in [9.17, 15) is 9.59 Å². The average molecular weight is 376 g/mol. The maximum atomic E-state index is 12.3. The minimum absolute atomic E-state index is 0.108. The van der Waals surface area contributed by atoms with Gasteiger partial charge in [-0.2, -0.15) is 9.50 Å². The van der Waals surface area contributed by atoms with E-state index >= 15 is 0 Å². The molecule has 2 aromatic carbocycles. The van der Waals surface area contributed by atoms with Gasteiger partial charge in [0.2, 0.25) is 0 Å². The number of hydrogen-bond donors (Lipinski definition) is 2. The predicted octanol–water partition coefficient (Wildman–Crippen LogP) is 2.50. The van der Waals surface area contributed by atoms with Crippen LogP contribution < -0.4 is 5.56 Å². The first-order valence-corrected chi connectivity index (χ1v) is 8.54. The molecule has 0 fully saturated rings. The number of aromatic amines is 1. The molecule has 8 heteroatoms. The molecule has 0 saturated heterocycles. The van der Waals surface area contributed by atoms with Crippen LogP contribution in [0.15, 0.2) is 65.5 Å². The number of aromatic nitrogens is 4. The molecule has 28 heavy (non-hydrogen) atoms. The van der Waals surface area contributed by atoms with Crippen molar-refractivity contribution in [2.45, 2.75) is 13.2 Å². The number of hydrogen-bond acceptors (Lipinski definition) is 5. The Bertz CT molecular complexity index is 1200. The van der Waals surface area contributed by atoms with E-state index in [-0.39, 0.29) is 30.1 Å². The number of rotatable bonds is 6. The fraction of sp³-hybridized carbons (Fsp3) is 0.100.